The van der Waals surface area contributed by atoms with Crippen LogP contribution in [-0.4, -0.2) is 53.4 Å². The van der Waals surface area contributed by atoms with E-state index >= 15 is 0 Å². The van der Waals surface area contributed by atoms with Crippen LogP contribution < -0.4 is 5.32 Å². The first-order valence-corrected chi connectivity index (χ1v) is 9.48. The van der Waals surface area contributed by atoms with E-state index in [0.717, 1.165) is 49.3 Å². The van der Waals surface area contributed by atoms with E-state index in [1.54, 1.807) is 0 Å². The van der Waals surface area contributed by atoms with Crippen LogP contribution in [-0.2, 0) is 0 Å². The molecule has 2 heterocycles. The van der Waals surface area contributed by atoms with Gasteiger partial charge in [-0.3, -0.25) is 4.79 Å². The summed E-state index contributed by atoms with van der Waals surface area (Å²) in [6.07, 6.45) is 0. The van der Waals surface area contributed by atoms with Gasteiger partial charge in [0.2, 0.25) is 0 Å². The number of anilines is 2. The number of aromatic nitrogens is 1. The Hall–Kier alpha value is -2.92. The van der Waals surface area contributed by atoms with Crippen molar-refractivity contribution in [3.63, 3.8) is 0 Å². The molecular weight excluding hydrogens is 336 g/mol. The third-order valence-corrected chi connectivity index (χ3v) is 5.10. The fraction of sp³-hybridized carbons (Fsp3) is 0.273. The van der Waals surface area contributed by atoms with Gasteiger partial charge < -0.3 is 15.1 Å². The second-order valence-electron chi connectivity index (χ2n) is 6.79. The summed E-state index contributed by atoms with van der Waals surface area (Å²) < 4.78 is 0. The largest absolute Gasteiger partial charge is 0.340 e. The fourth-order valence-electron chi connectivity index (χ4n) is 3.52. The number of carbonyl (C=O) groups excluding carboxylic acids is 1. The number of nitrogens with one attached hydrogen (secondary N) is 1. The molecule has 3 aromatic rings. The summed E-state index contributed by atoms with van der Waals surface area (Å²) >= 11 is 0. The molecule has 138 valence electrons. The molecule has 0 aliphatic carbocycles. The van der Waals surface area contributed by atoms with Crippen LogP contribution in [0.1, 0.15) is 17.3 Å². The molecule has 1 saturated heterocycles. The molecular formula is C22H24N4O. The van der Waals surface area contributed by atoms with Gasteiger partial charge in [0, 0.05) is 37.3 Å². The number of benzene rings is 2. The number of nitrogens with zero attached hydrogens (tertiary/aromatic N) is 3. The molecule has 0 atom stereocenters. The number of hydrogen-bond donors (Lipinski definition) is 1. The number of amides is 1. The number of hydrogen-bond acceptors (Lipinski definition) is 4. The average Bonchev–Trinajstić information content (AvgIpc) is 2.73. The number of carbonyl (C=O) groups is 1. The van der Waals surface area contributed by atoms with Crippen molar-refractivity contribution in [3.05, 3.63) is 66.2 Å². The third kappa shape index (κ3) is 3.78. The maximum atomic E-state index is 13.3. The first-order valence-electron chi connectivity index (χ1n) is 9.48. The molecule has 1 amide bonds. The zero-order valence-electron chi connectivity index (χ0n) is 15.6. The van der Waals surface area contributed by atoms with Crippen molar-refractivity contribution in [2.75, 3.05) is 38.0 Å². The standard InChI is InChI=1S/C22H24N4O/c1-2-25-12-14-26(15-13-25)22(27)19-16-21(23-17-8-4-3-5-9-17)24-20-11-7-6-10-18(19)20/h3-11,16H,2,12-15H2,1H3,(H,23,24). The summed E-state index contributed by atoms with van der Waals surface area (Å²) in [4.78, 5) is 22.3. The van der Waals surface area contributed by atoms with Crippen molar-refractivity contribution in [2.45, 2.75) is 6.92 Å². The Bertz CT molecular complexity index is 933. The second-order valence-corrected chi connectivity index (χ2v) is 6.79. The Kier molecular flexibility index (Phi) is 5.03. The Morgan fingerprint density at radius 3 is 2.44 bits per heavy atom. The highest BCUT2D eigenvalue weighted by Crippen LogP contribution is 2.24. The molecule has 1 aromatic heterocycles. The lowest BCUT2D eigenvalue weighted by Gasteiger charge is -2.34. The topological polar surface area (TPSA) is 48.5 Å². The van der Waals surface area contributed by atoms with Crippen LogP contribution in [0.4, 0.5) is 11.5 Å². The summed E-state index contributed by atoms with van der Waals surface area (Å²) in [6.45, 7) is 6.59. The van der Waals surface area contributed by atoms with Crippen LogP contribution in [0.2, 0.25) is 0 Å². The van der Waals surface area contributed by atoms with Gasteiger partial charge in [-0.15, -0.1) is 0 Å². The number of piperazine rings is 1. The molecule has 1 aliphatic rings. The van der Waals surface area contributed by atoms with Crippen LogP contribution in [0.3, 0.4) is 0 Å². The van der Waals surface area contributed by atoms with Gasteiger partial charge >= 0.3 is 0 Å². The second kappa shape index (κ2) is 7.76. The monoisotopic (exact) mass is 360 g/mol. The van der Waals surface area contributed by atoms with Gasteiger partial charge in [-0.25, -0.2) is 4.98 Å². The summed E-state index contributed by atoms with van der Waals surface area (Å²) in [5.41, 5.74) is 2.49. The van der Waals surface area contributed by atoms with Crippen molar-refractivity contribution in [2.24, 2.45) is 0 Å². The molecule has 0 radical (unpaired) electrons. The van der Waals surface area contributed by atoms with Gasteiger partial charge in [0.05, 0.1) is 11.1 Å². The molecule has 5 heteroatoms. The Balaban J connectivity index is 1.67. The first-order chi connectivity index (χ1) is 13.2. The fourth-order valence-corrected chi connectivity index (χ4v) is 3.52. The number of para-hydroxylation sites is 2. The van der Waals surface area contributed by atoms with E-state index in [4.69, 9.17) is 4.98 Å². The predicted octanol–water partition coefficient (Wildman–Crippen LogP) is 3.76. The molecule has 4 rings (SSSR count). The molecule has 0 spiro atoms. The molecule has 0 saturated carbocycles. The molecule has 1 fully saturated rings. The molecule has 5 nitrogen and oxygen atoms in total. The Morgan fingerprint density at radius 2 is 1.70 bits per heavy atom. The number of likely N-dealkylation sites (N-methyl/N-ethyl adjacent to an activating group) is 1. The van der Waals surface area contributed by atoms with E-state index in [2.05, 4.69) is 17.1 Å². The van der Waals surface area contributed by atoms with Crippen molar-refractivity contribution in [3.8, 4) is 0 Å². The highest BCUT2D eigenvalue weighted by atomic mass is 16.2. The summed E-state index contributed by atoms with van der Waals surface area (Å²) in [6, 6.07) is 19.6. The zero-order valence-corrected chi connectivity index (χ0v) is 15.6. The van der Waals surface area contributed by atoms with Gasteiger partial charge in [-0.05, 0) is 30.8 Å². The van der Waals surface area contributed by atoms with E-state index in [9.17, 15) is 4.79 Å². The van der Waals surface area contributed by atoms with Crippen LogP contribution in [0, 0.1) is 0 Å². The van der Waals surface area contributed by atoms with Crippen LogP contribution in [0.25, 0.3) is 10.9 Å². The molecule has 27 heavy (non-hydrogen) atoms. The SMILES string of the molecule is CCN1CCN(C(=O)c2cc(Nc3ccccc3)nc3ccccc23)CC1. The predicted molar refractivity (Wildman–Crippen MR) is 109 cm³/mol. The quantitative estimate of drug-likeness (QED) is 0.770. The van der Waals surface area contributed by atoms with E-state index in [1.165, 1.54) is 0 Å². The molecule has 1 N–H and O–H groups in total. The molecule has 0 unspecified atom stereocenters. The van der Waals surface area contributed by atoms with Gasteiger partial charge in [-0.2, -0.15) is 0 Å². The summed E-state index contributed by atoms with van der Waals surface area (Å²) in [5, 5.41) is 4.22. The number of fused-ring (bicyclic) bond motifs is 1. The minimum absolute atomic E-state index is 0.0838. The Labute approximate surface area is 159 Å². The number of pyridine rings is 1. The highest BCUT2D eigenvalue weighted by Gasteiger charge is 2.23. The highest BCUT2D eigenvalue weighted by molar-refractivity contribution is 6.07. The van der Waals surface area contributed by atoms with E-state index in [0.29, 0.717) is 11.4 Å². The lowest BCUT2D eigenvalue weighted by atomic mass is 10.1. The normalized spacial score (nSPS) is 15.1. The minimum Gasteiger partial charge on any atom is -0.340 e. The van der Waals surface area contributed by atoms with E-state index in [-0.39, 0.29) is 5.91 Å². The minimum atomic E-state index is 0.0838. The van der Waals surface area contributed by atoms with Gasteiger partial charge in [0.1, 0.15) is 5.82 Å². The van der Waals surface area contributed by atoms with Crippen molar-refractivity contribution in [1.82, 2.24) is 14.8 Å². The zero-order chi connectivity index (χ0) is 18.6. The van der Waals surface area contributed by atoms with Crippen LogP contribution in [0.5, 0.6) is 0 Å². The molecule has 1 aliphatic heterocycles. The van der Waals surface area contributed by atoms with Crippen molar-refractivity contribution < 1.29 is 4.79 Å². The van der Waals surface area contributed by atoms with Crippen LogP contribution in [0.15, 0.2) is 60.7 Å². The lowest BCUT2D eigenvalue weighted by Crippen LogP contribution is -2.48. The molecule has 0 bridgehead atoms. The lowest BCUT2D eigenvalue weighted by molar-refractivity contribution is 0.0645. The van der Waals surface area contributed by atoms with Gasteiger partial charge in [0.25, 0.3) is 5.91 Å². The average molecular weight is 360 g/mol. The third-order valence-electron chi connectivity index (χ3n) is 5.10. The maximum absolute atomic E-state index is 13.3. The number of rotatable bonds is 4. The van der Waals surface area contributed by atoms with E-state index < -0.39 is 0 Å². The van der Waals surface area contributed by atoms with Crippen LogP contribution >= 0.6 is 0 Å². The molecule has 2 aromatic carbocycles. The summed E-state index contributed by atoms with van der Waals surface area (Å²) in [7, 11) is 0. The first kappa shape index (κ1) is 17.5. The van der Waals surface area contributed by atoms with Crippen molar-refractivity contribution in [1.29, 1.82) is 0 Å². The maximum Gasteiger partial charge on any atom is 0.254 e. The Morgan fingerprint density at radius 1 is 1.00 bits per heavy atom. The van der Waals surface area contributed by atoms with Gasteiger partial charge in [0.15, 0.2) is 0 Å². The van der Waals surface area contributed by atoms with Gasteiger partial charge in [-0.1, -0.05) is 43.3 Å². The smallest absolute Gasteiger partial charge is 0.254 e. The summed E-state index contributed by atoms with van der Waals surface area (Å²) in [5.74, 6) is 0.774. The van der Waals surface area contributed by atoms with Crippen molar-refractivity contribution >= 4 is 28.3 Å². The van der Waals surface area contributed by atoms with E-state index in [1.807, 2.05) is 65.6 Å².